The minimum atomic E-state index is -0.0398. The number of nitrogens with zero attached hydrogens (tertiary/aromatic N) is 4. The average molecular weight is 220 g/mol. The van der Waals surface area contributed by atoms with Crippen molar-refractivity contribution in [2.45, 2.75) is 12.1 Å². The van der Waals surface area contributed by atoms with Gasteiger partial charge >= 0.3 is 0 Å². The summed E-state index contributed by atoms with van der Waals surface area (Å²) in [6, 6.07) is 9.44. The molecule has 0 N–H and O–H groups in total. The van der Waals surface area contributed by atoms with Gasteiger partial charge in [0.15, 0.2) is 5.12 Å². The Morgan fingerprint density at radius 1 is 1.33 bits per heavy atom. The van der Waals surface area contributed by atoms with E-state index in [0.29, 0.717) is 5.16 Å². The van der Waals surface area contributed by atoms with Gasteiger partial charge in [0.2, 0.25) is 5.16 Å². The van der Waals surface area contributed by atoms with Gasteiger partial charge in [0.05, 0.1) is 5.69 Å². The summed E-state index contributed by atoms with van der Waals surface area (Å²) in [6.45, 7) is 1.48. The second-order valence-electron chi connectivity index (χ2n) is 2.80. The predicted molar refractivity (Wildman–Crippen MR) is 55.7 cm³/mol. The van der Waals surface area contributed by atoms with E-state index in [1.54, 1.807) is 0 Å². The standard InChI is InChI=1S/C9H8N4OS/c1-7(14)15-9-10-11-12-13(9)8-5-3-2-4-6-8/h2-6H,1H3. The number of carbonyl (C=O) groups excluding carboxylic acids is 1. The lowest BCUT2D eigenvalue weighted by Gasteiger charge is -2.00. The zero-order valence-electron chi connectivity index (χ0n) is 7.99. The highest BCUT2D eigenvalue weighted by Gasteiger charge is 2.10. The zero-order chi connectivity index (χ0) is 10.7. The molecule has 15 heavy (non-hydrogen) atoms. The number of rotatable bonds is 2. The van der Waals surface area contributed by atoms with Crippen molar-refractivity contribution in [3.05, 3.63) is 30.3 Å². The fraction of sp³-hybridized carbons (Fsp3) is 0.111. The molecule has 5 nitrogen and oxygen atoms in total. The minimum Gasteiger partial charge on any atom is -0.287 e. The van der Waals surface area contributed by atoms with Gasteiger partial charge in [-0.1, -0.05) is 18.2 Å². The zero-order valence-corrected chi connectivity index (χ0v) is 8.81. The van der Waals surface area contributed by atoms with Gasteiger partial charge in [-0.3, -0.25) is 4.79 Å². The summed E-state index contributed by atoms with van der Waals surface area (Å²) < 4.78 is 1.53. The van der Waals surface area contributed by atoms with Gasteiger partial charge in [-0.15, -0.1) is 5.10 Å². The summed E-state index contributed by atoms with van der Waals surface area (Å²) in [6.07, 6.45) is 0. The summed E-state index contributed by atoms with van der Waals surface area (Å²) in [5.74, 6) is 0. The molecule has 0 radical (unpaired) electrons. The normalized spacial score (nSPS) is 10.2. The summed E-state index contributed by atoms with van der Waals surface area (Å²) in [7, 11) is 0. The number of aromatic nitrogens is 4. The molecule has 0 aliphatic rings. The van der Waals surface area contributed by atoms with Gasteiger partial charge in [0.25, 0.3) is 0 Å². The SMILES string of the molecule is CC(=O)Sc1nnnn1-c1ccccc1. The van der Waals surface area contributed by atoms with Crippen molar-refractivity contribution in [3.63, 3.8) is 0 Å². The van der Waals surface area contributed by atoms with Crippen molar-refractivity contribution < 1.29 is 4.79 Å². The molecule has 0 unspecified atom stereocenters. The number of hydrogen-bond acceptors (Lipinski definition) is 5. The van der Waals surface area contributed by atoms with E-state index in [1.165, 1.54) is 11.6 Å². The lowest BCUT2D eigenvalue weighted by Crippen LogP contribution is -1.99. The van der Waals surface area contributed by atoms with Crippen LogP contribution in [0.2, 0.25) is 0 Å². The topological polar surface area (TPSA) is 60.7 Å². The van der Waals surface area contributed by atoms with E-state index in [9.17, 15) is 4.79 Å². The number of benzene rings is 1. The molecule has 0 spiro atoms. The number of hydrogen-bond donors (Lipinski definition) is 0. The number of tetrazole rings is 1. The first-order valence-electron chi connectivity index (χ1n) is 4.29. The maximum atomic E-state index is 10.9. The van der Waals surface area contributed by atoms with E-state index in [1.807, 2.05) is 30.3 Å². The minimum absolute atomic E-state index is 0.0398. The van der Waals surface area contributed by atoms with Crippen molar-refractivity contribution in [1.82, 2.24) is 20.2 Å². The molecular weight excluding hydrogens is 212 g/mol. The fourth-order valence-electron chi connectivity index (χ4n) is 1.10. The number of para-hydroxylation sites is 1. The van der Waals surface area contributed by atoms with Gasteiger partial charge in [-0.2, -0.15) is 4.68 Å². The lowest BCUT2D eigenvalue weighted by molar-refractivity contribution is -0.109. The van der Waals surface area contributed by atoms with Gasteiger partial charge < -0.3 is 0 Å². The molecule has 0 saturated carbocycles. The third kappa shape index (κ3) is 2.21. The molecule has 0 amide bonds. The molecule has 0 aliphatic carbocycles. The molecule has 2 rings (SSSR count). The van der Waals surface area contributed by atoms with Crippen LogP contribution in [-0.2, 0) is 4.79 Å². The highest BCUT2D eigenvalue weighted by atomic mass is 32.2. The Balaban J connectivity index is 2.37. The van der Waals surface area contributed by atoms with Crippen molar-refractivity contribution in [1.29, 1.82) is 0 Å². The Morgan fingerprint density at radius 3 is 2.73 bits per heavy atom. The number of thioether (sulfide) groups is 1. The van der Waals surface area contributed by atoms with Crippen LogP contribution in [0.25, 0.3) is 5.69 Å². The Labute approximate surface area is 90.5 Å². The molecule has 0 bridgehead atoms. The maximum absolute atomic E-state index is 10.9. The van der Waals surface area contributed by atoms with Crippen molar-refractivity contribution in [2.24, 2.45) is 0 Å². The Morgan fingerprint density at radius 2 is 2.07 bits per heavy atom. The number of carbonyl (C=O) groups is 1. The highest BCUT2D eigenvalue weighted by Crippen LogP contribution is 2.17. The molecule has 6 heteroatoms. The highest BCUT2D eigenvalue weighted by molar-refractivity contribution is 8.13. The first kappa shape index (κ1) is 9.85. The third-order valence-electron chi connectivity index (χ3n) is 1.68. The molecule has 1 heterocycles. The van der Waals surface area contributed by atoms with E-state index in [0.717, 1.165) is 17.4 Å². The third-order valence-corrected chi connectivity index (χ3v) is 2.40. The van der Waals surface area contributed by atoms with Crippen molar-refractivity contribution in [2.75, 3.05) is 0 Å². The van der Waals surface area contributed by atoms with E-state index in [-0.39, 0.29) is 5.12 Å². The fourth-order valence-corrected chi connectivity index (χ4v) is 1.67. The van der Waals surface area contributed by atoms with Crippen LogP contribution < -0.4 is 0 Å². The van der Waals surface area contributed by atoms with Crippen LogP contribution in [0.15, 0.2) is 35.5 Å². The van der Waals surface area contributed by atoms with Gasteiger partial charge in [0.1, 0.15) is 0 Å². The molecule has 0 aliphatic heterocycles. The molecule has 76 valence electrons. The Bertz CT molecular complexity index is 468. The molecule has 0 saturated heterocycles. The second-order valence-corrected chi connectivity index (χ2v) is 3.95. The summed E-state index contributed by atoms with van der Waals surface area (Å²) in [5, 5.41) is 11.6. The Hall–Kier alpha value is -1.69. The van der Waals surface area contributed by atoms with Crippen LogP contribution in [0, 0.1) is 0 Å². The predicted octanol–water partition coefficient (Wildman–Crippen LogP) is 1.30. The van der Waals surface area contributed by atoms with Crippen LogP contribution >= 0.6 is 11.8 Å². The van der Waals surface area contributed by atoms with E-state index < -0.39 is 0 Å². The van der Waals surface area contributed by atoms with Crippen LogP contribution in [0.5, 0.6) is 0 Å². The van der Waals surface area contributed by atoms with Crippen LogP contribution in [-0.4, -0.2) is 25.3 Å². The van der Waals surface area contributed by atoms with Gasteiger partial charge in [-0.25, -0.2) is 0 Å². The van der Waals surface area contributed by atoms with Crippen molar-refractivity contribution >= 4 is 16.9 Å². The van der Waals surface area contributed by atoms with Gasteiger partial charge in [0, 0.05) is 6.92 Å². The van der Waals surface area contributed by atoms with Gasteiger partial charge in [-0.05, 0) is 34.3 Å². The van der Waals surface area contributed by atoms with E-state index in [4.69, 9.17) is 0 Å². The largest absolute Gasteiger partial charge is 0.287 e. The summed E-state index contributed by atoms with van der Waals surface area (Å²) >= 11 is 1.01. The molecular formula is C9H8N4OS. The quantitative estimate of drug-likeness (QED) is 0.714. The van der Waals surface area contributed by atoms with Crippen molar-refractivity contribution in [3.8, 4) is 5.69 Å². The van der Waals surface area contributed by atoms with E-state index >= 15 is 0 Å². The first-order chi connectivity index (χ1) is 7.27. The first-order valence-corrected chi connectivity index (χ1v) is 5.11. The molecule has 0 atom stereocenters. The summed E-state index contributed by atoms with van der Waals surface area (Å²) in [4.78, 5) is 10.9. The molecule has 1 aromatic heterocycles. The molecule has 1 aromatic carbocycles. The lowest BCUT2D eigenvalue weighted by atomic mass is 10.3. The average Bonchev–Trinajstić information content (AvgIpc) is 2.66. The van der Waals surface area contributed by atoms with Crippen LogP contribution in [0.3, 0.4) is 0 Å². The van der Waals surface area contributed by atoms with E-state index in [2.05, 4.69) is 15.5 Å². The van der Waals surface area contributed by atoms with Crippen LogP contribution in [0.4, 0.5) is 0 Å². The second kappa shape index (κ2) is 4.22. The Kier molecular flexibility index (Phi) is 2.77. The smallest absolute Gasteiger partial charge is 0.221 e. The monoisotopic (exact) mass is 220 g/mol. The maximum Gasteiger partial charge on any atom is 0.221 e. The summed E-state index contributed by atoms with van der Waals surface area (Å²) in [5.41, 5.74) is 0.839. The molecule has 0 fully saturated rings. The van der Waals surface area contributed by atoms with Crippen LogP contribution in [0.1, 0.15) is 6.92 Å². The molecule has 2 aromatic rings.